The van der Waals surface area contributed by atoms with Crippen molar-refractivity contribution in [3.05, 3.63) is 42.0 Å². The van der Waals surface area contributed by atoms with Gasteiger partial charge in [0.1, 0.15) is 12.2 Å². The summed E-state index contributed by atoms with van der Waals surface area (Å²) in [6, 6.07) is 7.38. The van der Waals surface area contributed by atoms with Crippen LogP contribution in [0.2, 0.25) is 0 Å². The third kappa shape index (κ3) is 4.15. The first-order chi connectivity index (χ1) is 12.2. The summed E-state index contributed by atoms with van der Waals surface area (Å²) in [6.07, 6.45) is 5.37. The highest BCUT2D eigenvalue weighted by Gasteiger charge is 2.28. The molecule has 6 nitrogen and oxygen atoms in total. The zero-order valence-electron chi connectivity index (χ0n) is 15.9. The molecular weight excluding hydrogens is 348 g/mol. The molecule has 3 rings (SSSR count). The number of benzene rings is 1. The molecule has 2 aromatic rings. The van der Waals surface area contributed by atoms with Crippen LogP contribution in [0.3, 0.4) is 0 Å². The highest BCUT2D eigenvalue weighted by Crippen LogP contribution is 2.30. The zero-order valence-corrected chi connectivity index (χ0v) is 16.8. The molecule has 2 atom stereocenters. The van der Waals surface area contributed by atoms with Crippen molar-refractivity contribution in [1.82, 2.24) is 19.5 Å². The Morgan fingerprint density at radius 1 is 1.15 bits per heavy atom. The van der Waals surface area contributed by atoms with Gasteiger partial charge in [0.25, 0.3) is 0 Å². The Hall–Kier alpha value is -1.73. The van der Waals surface area contributed by atoms with Crippen molar-refractivity contribution in [2.75, 3.05) is 0 Å². The van der Waals surface area contributed by atoms with Crippen LogP contribution in [0.25, 0.3) is 0 Å². The van der Waals surface area contributed by atoms with Crippen LogP contribution in [0.1, 0.15) is 63.9 Å². The maximum Gasteiger partial charge on any atom is 0.240 e. The lowest BCUT2D eigenvalue weighted by atomic mass is 9.87. The van der Waals surface area contributed by atoms with E-state index in [9.17, 15) is 8.42 Å². The average Bonchev–Trinajstić information content (AvgIpc) is 3.00. The van der Waals surface area contributed by atoms with Crippen LogP contribution in [0.4, 0.5) is 0 Å². The van der Waals surface area contributed by atoms with Crippen molar-refractivity contribution < 1.29 is 8.42 Å². The molecule has 1 N–H and O–H groups in total. The summed E-state index contributed by atoms with van der Waals surface area (Å²) in [7, 11) is -3.52. The molecule has 0 spiro atoms. The van der Waals surface area contributed by atoms with Gasteiger partial charge in [-0.25, -0.2) is 13.1 Å². The predicted molar refractivity (Wildman–Crippen MR) is 102 cm³/mol. The third-order valence-corrected chi connectivity index (χ3v) is 6.68. The predicted octanol–water partition coefficient (Wildman–Crippen LogP) is 3.35. The van der Waals surface area contributed by atoms with Gasteiger partial charge in [-0.05, 0) is 55.7 Å². The van der Waals surface area contributed by atoms with Crippen molar-refractivity contribution in [2.45, 2.75) is 75.8 Å². The van der Waals surface area contributed by atoms with Crippen molar-refractivity contribution in [3.63, 3.8) is 0 Å². The van der Waals surface area contributed by atoms with Gasteiger partial charge in [0.15, 0.2) is 0 Å². The fraction of sp³-hybridized carbons (Fsp3) is 0.579. The third-order valence-electron chi connectivity index (χ3n) is 5.14. The molecule has 0 bridgehead atoms. The Kier molecular flexibility index (Phi) is 5.21. The standard InChI is InChI=1S/C19H28N4O2S/c1-14-21-20-13-23(14)17-7-5-6-16(12-17)22-26(24,25)18-10-8-15(9-11-18)19(2,3)4/h8-11,13,16-17,22H,5-7,12H2,1-4H3/t16-,17+/m0/s1. The van der Waals surface area contributed by atoms with Crippen LogP contribution in [0.15, 0.2) is 35.5 Å². The Morgan fingerprint density at radius 3 is 2.42 bits per heavy atom. The summed E-state index contributed by atoms with van der Waals surface area (Å²) in [5.41, 5.74) is 1.13. The second-order valence-electron chi connectivity index (χ2n) is 8.20. The Labute approximate surface area is 156 Å². The lowest BCUT2D eigenvalue weighted by Gasteiger charge is -2.30. The van der Waals surface area contributed by atoms with Crippen molar-refractivity contribution in [2.24, 2.45) is 0 Å². The minimum absolute atomic E-state index is 0.00298. The number of hydrogen-bond donors (Lipinski definition) is 1. The van der Waals surface area contributed by atoms with Gasteiger partial charge in [-0.2, -0.15) is 0 Å². The summed E-state index contributed by atoms with van der Waals surface area (Å²) in [6.45, 7) is 8.27. The molecule has 0 aliphatic heterocycles. The van der Waals surface area contributed by atoms with E-state index in [1.165, 1.54) is 0 Å². The van der Waals surface area contributed by atoms with Crippen LogP contribution in [-0.4, -0.2) is 29.2 Å². The zero-order chi connectivity index (χ0) is 18.9. The number of nitrogens with zero attached hydrogens (tertiary/aromatic N) is 3. The summed E-state index contributed by atoms with van der Waals surface area (Å²) in [5, 5.41) is 7.99. The summed E-state index contributed by atoms with van der Waals surface area (Å²) < 4.78 is 30.5. The molecule has 1 heterocycles. The summed E-state index contributed by atoms with van der Waals surface area (Å²) in [5.74, 6) is 0.872. The number of nitrogens with one attached hydrogen (secondary N) is 1. The minimum atomic E-state index is -3.52. The average molecular weight is 377 g/mol. The Morgan fingerprint density at radius 2 is 1.85 bits per heavy atom. The lowest BCUT2D eigenvalue weighted by Crippen LogP contribution is -2.39. The smallest absolute Gasteiger partial charge is 0.240 e. The molecule has 7 heteroatoms. The fourth-order valence-corrected chi connectivity index (χ4v) is 4.89. The maximum absolute atomic E-state index is 12.8. The molecule has 1 fully saturated rings. The van der Waals surface area contributed by atoms with E-state index in [2.05, 4.69) is 40.3 Å². The van der Waals surface area contributed by atoms with Gasteiger partial charge in [0.05, 0.1) is 4.90 Å². The molecular formula is C19H28N4O2S. The van der Waals surface area contributed by atoms with Gasteiger partial charge in [-0.15, -0.1) is 10.2 Å². The van der Waals surface area contributed by atoms with Crippen LogP contribution in [-0.2, 0) is 15.4 Å². The molecule has 0 saturated heterocycles. The monoisotopic (exact) mass is 376 g/mol. The van der Waals surface area contributed by atoms with Crippen LogP contribution >= 0.6 is 0 Å². The molecule has 0 radical (unpaired) electrons. The highest BCUT2D eigenvalue weighted by molar-refractivity contribution is 7.89. The molecule has 1 aromatic heterocycles. The van der Waals surface area contributed by atoms with Crippen LogP contribution < -0.4 is 4.72 Å². The summed E-state index contributed by atoms with van der Waals surface area (Å²) >= 11 is 0. The molecule has 1 aliphatic rings. The van der Waals surface area contributed by atoms with Gasteiger partial charge in [-0.1, -0.05) is 32.9 Å². The molecule has 142 valence electrons. The summed E-state index contributed by atoms with van der Waals surface area (Å²) in [4.78, 5) is 0.327. The van der Waals surface area contributed by atoms with Gasteiger partial charge >= 0.3 is 0 Å². The van der Waals surface area contributed by atoms with Gasteiger partial charge in [0, 0.05) is 12.1 Å². The normalized spacial score (nSPS) is 21.7. The van der Waals surface area contributed by atoms with Crippen molar-refractivity contribution in [3.8, 4) is 0 Å². The van der Waals surface area contributed by atoms with Gasteiger partial charge in [-0.3, -0.25) is 0 Å². The number of aryl methyl sites for hydroxylation is 1. The van der Waals surface area contributed by atoms with E-state index in [1.54, 1.807) is 18.5 Å². The topological polar surface area (TPSA) is 76.9 Å². The second kappa shape index (κ2) is 7.12. The quantitative estimate of drug-likeness (QED) is 0.888. The van der Waals surface area contributed by atoms with E-state index in [4.69, 9.17) is 0 Å². The Bertz CT molecular complexity index is 850. The van der Waals surface area contributed by atoms with E-state index in [-0.39, 0.29) is 17.5 Å². The van der Waals surface area contributed by atoms with E-state index >= 15 is 0 Å². The van der Waals surface area contributed by atoms with E-state index in [0.717, 1.165) is 37.1 Å². The van der Waals surface area contributed by atoms with E-state index in [0.29, 0.717) is 4.90 Å². The molecule has 1 saturated carbocycles. The van der Waals surface area contributed by atoms with Crippen molar-refractivity contribution >= 4 is 10.0 Å². The lowest BCUT2D eigenvalue weighted by molar-refractivity contribution is 0.302. The second-order valence-corrected chi connectivity index (χ2v) is 9.91. The first-order valence-corrected chi connectivity index (χ1v) is 10.6. The van der Waals surface area contributed by atoms with Gasteiger partial charge in [0.2, 0.25) is 10.0 Å². The van der Waals surface area contributed by atoms with Crippen LogP contribution in [0.5, 0.6) is 0 Å². The SMILES string of the molecule is Cc1nncn1[C@@H]1CCC[C@H](NS(=O)(=O)c2ccc(C(C)(C)C)cc2)C1. The fourth-order valence-electron chi connectivity index (χ4n) is 3.60. The molecule has 0 amide bonds. The maximum atomic E-state index is 12.8. The number of aromatic nitrogens is 3. The molecule has 26 heavy (non-hydrogen) atoms. The first-order valence-electron chi connectivity index (χ1n) is 9.16. The Balaban J connectivity index is 1.72. The number of hydrogen-bond acceptors (Lipinski definition) is 4. The van der Waals surface area contributed by atoms with Crippen molar-refractivity contribution in [1.29, 1.82) is 0 Å². The van der Waals surface area contributed by atoms with E-state index in [1.807, 2.05) is 19.1 Å². The van der Waals surface area contributed by atoms with Crippen LogP contribution in [0, 0.1) is 6.92 Å². The largest absolute Gasteiger partial charge is 0.315 e. The first kappa shape index (κ1) is 19.0. The molecule has 1 aromatic carbocycles. The number of sulfonamides is 1. The number of rotatable bonds is 4. The molecule has 0 unspecified atom stereocenters. The minimum Gasteiger partial charge on any atom is -0.315 e. The van der Waals surface area contributed by atoms with Gasteiger partial charge < -0.3 is 4.57 Å². The highest BCUT2D eigenvalue weighted by atomic mass is 32.2. The molecule has 1 aliphatic carbocycles. The van der Waals surface area contributed by atoms with E-state index < -0.39 is 10.0 Å².